The van der Waals surface area contributed by atoms with E-state index >= 15 is 0 Å². The fourth-order valence-corrected chi connectivity index (χ4v) is 5.87. The highest BCUT2D eigenvalue weighted by Gasteiger charge is 2.32. The van der Waals surface area contributed by atoms with E-state index in [1.54, 1.807) is 22.5 Å². The molecule has 0 radical (unpaired) electrons. The van der Waals surface area contributed by atoms with Crippen molar-refractivity contribution < 1.29 is 13.3 Å². The average molecular weight is 429 g/mol. The molecule has 160 valence electrons. The molecule has 2 atom stereocenters. The van der Waals surface area contributed by atoms with Gasteiger partial charge in [-0.2, -0.15) is 4.31 Å². The average Bonchev–Trinajstić information content (AvgIpc) is 3.10. The van der Waals surface area contributed by atoms with Crippen molar-refractivity contribution in [2.75, 3.05) is 13.1 Å². The normalized spacial score (nSPS) is 20.5. The summed E-state index contributed by atoms with van der Waals surface area (Å²) >= 11 is 0. The minimum atomic E-state index is -3.58. The summed E-state index contributed by atoms with van der Waals surface area (Å²) in [6.45, 7) is 9.68. The molecule has 3 aromatic rings. The maximum atomic E-state index is 13.3. The Kier molecular flexibility index (Phi) is 5.55. The second-order valence-corrected chi connectivity index (χ2v) is 10.5. The smallest absolute Gasteiger partial charge is 0.243 e. The number of piperidine rings is 1. The molecule has 0 bridgehead atoms. The van der Waals surface area contributed by atoms with Crippen LogP contribution in [0.1, 0.15) is 37.0 Å². The molecule has 0 spiro atoms. The van der Waals surface area contributed by atoms with E-state index in [4.69, 9.17) is 4.84 Å². The van der Waals surface area contributed by atoms with Crippen LogP contribution in [0.2, 0.25) is 0 Å². The van der Waals surface area contributed by atoms with Crippen LogP contribution >= 0.6 is 0 Å². The first-order valence-corrected chi connectivity index (χ1v) is 11.7. The van der Waals surface area contributed by atoms with Crippen molar-refractivity contribution in [3.63, 3.8) is 0 Å². The van der Waals surface area contributed by atoms with Gasteiger partial charge in [0.15, 0.2) is 0 Å². The molecule has 0 amide bonds. The number of sulfonamides is 1. The molecule has 2 aromatic carbocycles. The molecule has 0 aliphatic carbocycles. The Morgan fingerprint density at radius 1 is 1.07 bits per heavy atom. The fourth-order valence-electron chi connectivity index (χ4n) is 4.17. The van der Waals surface area contributed by atoms with Gasteiger partial charge < -0.3 is 4.84 Å². The van der Waals surface area contributed by atoms with Crippen molar-refractivity contribution in [3.8, 4) is 0 Å². The number of aromatic nitrogens is 3. The van der Waals surface area contributed by atoms with Gasteiger partial charge in [-0.05, 0) is 66.6 Å². The van der Waals surface area contributed by atoms with Crippen LogP contribution < -0.4 is 4.84 Å². The lowest BCUT2D eigenvalue weighted by Gasteiger charge is -2.34. The molecule has 1 aliphatic rings. The van der Waals surface area contributed by atoms with Gasteiger partial charge in [0.1, 0.15) is 17.6 Å². The molecule has 2 unspecified atom stereocenters. The molecular weight excluding hydrogens is 400 g/mol. The maximum absolute atomic E-state index is 13.3. The van der Waals surface area contributed by atoms with Crippen molar-refractivity contribution >= 4 is 21.1 Å². The fraction of sp³-hybridized carbons (Fsp3) is 0.455. The van der Waals surface area contributed by atoms with E-state index in [0.717, 1.165) is 23.1 Å². The molecule has 30 heavy (non-hydrogen) atoms. The van der Waals surface area contributed by atoms with Crippen LogP contribution in [-0.4, -0.2) is 41.0 Å². The van der Waals surface area contributed by atoms with Crippen molar-refractivity contribution in [2.24, 2.45) is 11.8 Å². The van der Waals surface area contributed by atoms with Gasteiger partial charge in [0.2, 0.25) is 10.0 Å². The lowest BCUT2D eigenvalue weighted by atomic mass is 9.94. The van der Waals surface area contributed by atoms with Crippen LogP contribution in [0.25, 0.3) is 11.0 Å². The summed E-state index contributed by atoms with van der Waals surface area (Å²) < 4.78 is 28.1. The van der Waals surface area contributed by atoms with Gasteiger partial charge in [0, 0.05) is 13.1 Å². The molecule has 1 aromatic heterocycles. The van der Waals surface area contributed by atoms with Crippen molar-refractivity contribution in [1.82, 2.24) is 19.5 Å². The van der Waals surface area contributed by atoms with Crippen molar-refractivity contribution in [1.29, 1.82) is 0 Å². The van der Waals surface area contributed by atoms with Gasteiger partial charge in [-0.25, -0.2) is 8.42 Å². The van der Waals surface area contributed by atoms with E-state index in [1.807, 2.05) is 13.8 Å². The quantitative estimate of drug-likeness (QED) is 0.623. The molecule has 8 heteroatoms. The second kappa shape index (κ2) is 8.00. The molecule has 2 heterocycles. The summed E-state index contributed by atoms with van der Waals surface area (Å²) in [6.07, 6.45) is 1.05. The minimum Gasteiger partial charge on any atom is -0.390 e. The SMILES string of the molecule is Cc1ccc(C)c(COn2nnc3ccc(S(=O)(=O)N4CC(C)CC(C)C4)cc32)c1. The monoisotopic (exact) mass is 428 g/mol. The topological polar surface area (TPSA) is 77.3 Å². The molecular formula is C22H28N4O3S. The van der Waals surface area contributed by atoms with E-state index < -0.39 is 10.0 Å². The maximum Gasteiger partial charge on any atom is 0.243 e. The van der Waals surface area contributed by atoms with Crippen LogP contribution in [-0.2, 0) is 16.6 Å². The van der Waals surface area contributed by atoms with Gasteiger partial charge in [-0.3, -0.25) is 0 Å². The van der Waals surface area contributed by atoms with E-state index in [2.05, 4.69) is 42.4 Å². The molecule has 0 N–H and O–H groups in total. The summed E-state index contributed by atoms with van der Waals surface area (Å²) in [5.74, 6) is 0.695. The Morgan fingerprint density at radius 3 is 2.53 bits per heavy atom. The first kappa shape index (κ1) is 20.8. The highest BCUT2D eigenvalue weighted by molar-refractivity contribution is 7.89. The summed E-state index contributed by atoms with van der Waals surface area (Å²) in [5, 5.41) is 8.17. The third-order valence-electron chi connectivity index (χ3n) is 5.71. The Hall–Kier alpha value is -2.45. The number of nitrogens with zero attached hydrogens (tertiary/aromatic N) is 4. The van der Waals surface area contributed by atoms with E-state index in [0.29, 0.717) is 42.6 Å². The predicted octanol–water partition coefficient (Wildman–Crippen LogP) is 3.34. The molecule has 4 rings (SSSR count). The van der Waals surface area contributed by atoms with Crippen molar-refractivity contribution in [2.45, 2.75) is 45.6 Å². The lowest BCUT2D eigenvalue weighted by Crippen LogP contribution is -2.42. The molecule has 1 fully saturated rings. The molecule has 1 saturated heterocycles. The lowest BCUT2D eigenvalue weighted by molar-refractivity contribution is 0.0748. The summed E-state index contributed by atoms with van der Waals surface area (Å²) in [4.78, 5) is 7.43. The Labute approximate surface area is 177 Å². The number of fused-ring (bicyclic) bond motifs is 1. The molecule has 7 nitrogen and oxygen atoms in total. The van der Waals surface area contributed by atoms with Gasteiger partial charge in [-0.1, -0.05) is 42.5 Å². The summed E-state index contributed by atoms with van der Waals surface area (Å²) in [5.41, 5.74) is 4.47. The summed E-state index contributed by atoms with van der Waals surface area (Å²) in [6, 6.07) is 11.1. The van der Waals surface area contributed by atoms with Gasteiger partial charge >= 0.3 is 0 Å². The minimum absolute atomic E-state index is 0.246. The first-order chi connectivity index (χ1) is 14.2. The van der Waals surface area contributed by atoms with Crippen LogP contribution in [0.5, 0.6) is 0 Å². The van der Waals surface area contributed by atoms with Crippen LogP contribution in [0.3, 0.4) is 0 Å². The van der Waals surface area contributed by atoms with Crippen LogP contribution in [0, 0.1) is 25.7 Å². The van der Waals surface area contributed by atoms with Gasteiger partial charge in [-0.15, -0.1) is 5.10 Å². The van der Waals surface area contributed by atoms with Gasteiger partial charge in [0.05, 0.1) is 4.90 Å². The molecule has 0 saturated carbocycles. The highest BCUT2D eigenvalue weighted by atomic mass is 32.2. The third kappa shape index (κ3) is 4.06. The van der Waals surface area contributed by atoms with Crippen LogP contribution in [0.15, 0.2) is 41.3 Å². The number of aryl methyl sites for hydroxylation is 2. The number of rotatable bonds is 5. The highest BCUT2D eigenvalue weighted by Crippen LogP contribution is 2.28. The van der Waals surface area contributed by atoms with E-state index in [-0.39, 0.29) is 4.90 Å². The Bertz CT molecular complexity index is 1160. The number of benzene rings is 2. The Morgan fingerprint density at radius 2 is 1.80 bits per heavy atom. The summed E-state index contributed by atoms with van der Waals surface area (Å²) in [7, 11) is -3.58. The standard InChI is InChI=1S/C22H28N4O3S/c1-15-5-6-18(4)19(10-15)14-29-26-22-11-20(7-8-21(22)23-24-26)30(27,28)25-12-16(2)9-17(3)13-25/h5-8,10-11,16-17H,9,12-14H2,1-4H3. The predicted molar refractivity (Wildman–Crippen MR) is 115 cm³/mol. The Balaban J connectivity index is 1.62. The van der Waals surface area contributed by atoms with E-state index in [9.17, 15) is 8.42 Å². The number of hydrogen-bond acceptors (Lipinski definition) is 5. The van der Waals surface area contributed by atoms with Gasteiger partial charge in [0.25, 0.3) is 0 Å². The largest absolute Gasteiger partial charge is 0.390 e. The molecule has 1 aliphatic heterocycles. The zero-order valence-corrected chi connectivity index (χ0v) is 18.7. The van der Waals surface area contributed by atoms with Crippen LogP contribution in [0.4, 0.5) is 0 Å². The zero-order chi connectivity index (χ0) is 21.5. The zero-order valence-electron chi connectivity index (χ0n) is 17.9. The van der Waals surface area contributed by atoms with Crippen molar-refractivity contribution in [3.05, 3.63) is 53.1 Å². The third-order valence-corrected chi connectivity index (χ3v) is 7.53. The number of hydrogen-bond donors (Lipinski definition) is 0. The first-order valence-electron chi connectivity index (χ1n) is 10.3. The second-order valence-electron chi connectivity index (χ2n) is 8.58. The van der Waals surface area contributed by atoms with E-state index in [1.165, 1.54) is 4.85 Å².